The van der Waals surface area contributed by atoms with Crippen molar-refractivity contribution in [2.45, 2.75) is 37.7 Å². The summed E-state index contributed by atoms with van der Waals surface area (Å²) in [5.41, 5.74) is 1.03. The van der Waals surface area contributed by atoms with E-state index in [4.69, 9.17) is 4.74 Å². The van der Waals surface area contributed by atoms with Crippen molar-refractivity contribution in [2.24, 2.45) is 0 Å². The van der Waals surface area contributed by atoms with Crippen LogP contribution in [0.25, 0.3) is 0 Å². The molecule has 1 aromatic rings. The first-order chi connectivity index (χ1) is 8.78. The highest BCUT2D eigenvalue weighted by molar-refractivity contribution is 7.99. The standard InChI is InChI=1S/C13H21N3OS/c1-3-14-12-8-10(2)15-13(16-12)9-18-11-4-6-17-7-5-11/h8,11H,3-7,9H2,1-2H3,(H,14,15,16). The number of hydrogen-bond acceptors (Lipinski definition) is 5. The number of hydrogen-bond donors (Lipinski definition) is 1. The van der Waals surface area contributed by atoms with Gasteiger partial charge in [0.2, 0.25) is 0 Å². The molecule has 1 aliphatic rings. The average molecular weight is 267 g/mol. The number of aryl methyl sites for hydroxylation is 1. The van der Waals surface area contributed by atoms with Crippen molar-refractivity contribution < 1.29 is 4.74 Å². The largest absolute Gasteiger partial charge is 0.381 e. The Labute approximate surface area is 113 Å². The molecule has 0 atom stereocenters. The molecular weight excluding hydrogens is 246 g/mol. The second kappa shape index (κ2) is 6.95. The van der Waals surface area contributed by atoms with Crippen LogP contribution < -0.4 is 5.32 Å². The summed E-state index contributed by atoms with van der Waals surface area (Å²) in [5, 5.41) is 3.95. The Balaban J connectivity index is 1.91. The van der Waals surface area contributed by atoms with Crippen molar-refractivity contribution >= 4 is 17.6 Å². The minimum Gasteiger partial charge on any atom is -0.381 e. The summed E-state index contributed by atoms with van der Waals surface area (Å²) < 4.78 is 5.37. The number of rotatable bonds is 5. The summed E-state index contributed by atoms with van der Waals surface area (Å²) in [6.45, 7) is 6.78. The van der Waals surface area contributed by atoms with Crippen LogP contribution >= 0.6 is 11.8 Å². The van der Waals surface area contributed by atoms with Gasteiger partial charge in [-0.15, -0.1) is 0 Å². The second-order valence-corrected chi connectivity index (χ2v) is 5.75. The molecule has 100 valence electrons. The van der Waals surface area contributed by atoms with Gasteiger partial charge in [-0.3, -0.25) is 0 Å². The summed E-state index contributed by atoms with van der Waals surface area (Å²) in [4.78, 5) is 9.03. The lowest BCUT2D eigenvalue weighted by molar-refractivity contribution is 0.1000. The molecule has 1 aromatic heterocycles. The zero-order valence-electron chi connectivity index (χ0n) is 11.1. The van der Waals surface area contributed by atoms with Gasteiger partial charge >= 0.3 is 0 Å². The number of thioether (sulfide) groups is 1. The number of ether oxygens (including phenoxy) is 1. The molecule has 0 saturated carbocycles. The zero-order chi connectivity index (χ0) is 12.8. The van der Waals surface area contributed by atoms with Crippen LogP contribution in [0.4, 0.5) is 5.82 Å². The molecule has 2 rings (SSSR count). The Morgan fingerprint density at radius 1 is 1.39 bits per heavy atom. The summed E-state index contributed by atoms with van der Waals surface area (Å²) in [6.07, 6.45) is 2.30. The molecule has 0 bridgehead atoms. The van der Waals surface area contributed by atoms with Gasteiger partial charge in [-0.05, 0) is 26.7 Å². The number of nitrogens with zero attached hydrogens (tertiary/aromatic N) is 2. The highest BCUT2D eigenvalue weighted by atomic mass is 32.2. The topological polar surface area (TPSA) is 47.0 Å². The molecule has 0 amide bonds. The lowest BCUT2D eigenvalue weighted by Crippen LogP contribution is -2.17. The van der Waals surface area contributed by atoms with Crippen LogP contribution in [0.5, 0.6) is 0 Å². The Bertz CT molecular complexity index is 380. The van der Waals surface area contributed by atoms with Crippen LogP contribution in [0.1, 0.15) is 31.3 Å². The predicted octanol–water partition coefficient (Wildman–Crippen LogP) is 2.63. The highest BCUT2D eigenvalue weighted by Crippen LogP contribution is 2.24. The molecule has 5 heteroatoms. The molecule has 1 N–H and O–H groups in total. The predicted molar refractivity (Wildman–Crippen MR) is 76.1 cm³/mol. The molecule has 0 aromatic carbocycles. The van der Waals surface area contributed by atoms with Gasteiger partial charge < -0.3 is 10.1 Å². The average Bonchev–Trinajstić information content (AvgIpc) is 2.37. The van der Waals surface area contributed by atoms with E-state index in [-0.39, 0.29) is 0 Å². The highest BCUT2D eigenvalue weighted by Gasteiger charge is 2.14. The minimum absolute atomic E-state index is 0.699. The normalized spacial score (nSPS) is 16.8. The van der Waals surface area contributed by atoms with Crippen molar-refractivity contribution in [3.8, 4) is 0 Å². The fraction of sp³-hybridized carbons (Fsp3) is 0.692. The van der Waals surface area contributed by atoms with Gasteiger partial charge in [0.25, 0.3) is 0 Å². The third-order valence-corrected chi connectivity index (χ3v) is 4.24. The van der Waals surface area contributed by atoms with Crippen molar-refractivity contribution in [3.63, 3.8) is 0 Å². The van der Waals surface area contributed by atoms with Gasteiger partial charge in [-0.1, -0.05) is 0 Å². The number of anilines is 1. The third-order valence-electron chi connectivity index (χ3n) is 2.87. The fourth-order valence-corrected chi connectivity index (χ4v) is 3.04. The molecule has 1 fully saturated rings. The molecule has 18 heavy (non-hydrogen) atoms. The molecule has 1 aliphatic heterocycles. The maximum Gasteiger partial charge on any atom is 0.140 e. The molecule has 1 saturated heterocycles. The smallest absolute Gasteiger partial charge is 0.140 e. The van der Waals surface area contributed by atoms with Crippen molar-refractivity contribution in [1.29, 1.82) is 0 Å². The fourth-order valence-electron chi connectivity index (χ4n) is 2.00. The minimum atomic E-state index is 0.699. The monoisotopic (exact) mass is 267 g/mol. The van der Waals surface area contributed by atoms with Crippen LogP contribution in [0.2, 0.25) is 0 Å². The summed E-state index contributed by atoms with van der Waals surface area (Å²) in [7, 11) is 0. The molecule has 0 aliphatic carbocycles. The molecule has 2 heterocycles. The maximum atomic E-state index is 5.37. The van der Waals surface area contributed by atoms with E-state index in [0.29, 0.717) is 5.25 Å². The van der Waals surface area contributed by atoms with Crippen molar-refractivity contribution in [1.82, 2.24) is 9.97 Å². The van der Waals surface area contributed by atoms with E-state index in [1.54, 1.807) is 0 Å². The van der Waals surface area contributed by atoms with Gasteiger partial charge in [-0.25, -0.2) is 9.97 Å². The van der Waals surface area contributed by atoms with E-state index >= 15 is 0 Å². The van der Waals surface area contributed by atoms with E-state index in [2.05, 4.69) is 22.2 Å². The Morgan fingerprint density at radius 2 is 2.17 bits per heavy atom. The lowest BCUT2D eigenvalue weighted by atomic mass is 10.2. The molecule has 4 nitrogen and oxygen atoms in total. The zero-order valence-corrected chi connectivity index (χ0v) is 11.9. The van der Waals surface area contributed by atoms with Gasteiger partial charge in [0.05, 0.1) is 5.75 Å². The number of nitrogens with one attached hydrogen (secondary N) is 1. The van der Waals surface area contributed by atoms with E-state index in [0.717, 1.165) is 55.7 Å². The Hall–Kier alpha value is -0.810. The lowest BCUT2D eigenvalue weighted by Gasteiger charge is -2.21. The first kappa shape index (κ1) is 13.6. The number of aromatic nitrogens is 2. The molecular formula is C13H21N3OS. The Morgan fingerprint density at radius 3 is 2.89 bits per heavy atom. The van der Waals surface area contributed by atoms with E-state index in [9.17, 15) is 0 Å². The van der Waals surface area contributed by atoms with Crippen LogP contribution in [-0.4, -0.2) is 35.0 Å². The van der Waals surface area contributed by atoms with Gasteiger partial charge in [-0.2, -0.15) is 11.8 Å². The van der Waals surface area contributed by atoms with Crippen molar-refractivity contribution in [3.05, 3.63) is 17.6 Å². The van der Waals surface area contributed by atoms with Gasteiger partial charge in [0.15, 0.2) is 0 Å². The molecule has 0 unspecified atom stereocenters. The van der Waals surface area contributed by atoms with Crippen LogP contribution in [0.3, 0.4) is 0 Å². The summed E-state index contributed by atoms with van der Waals surface area (Å²) in [6, 6.07) is 1.99. The summed E-state index contributed by atoms with van der Waals surface area (Å²) >= 11 is 1.95. The molecule has 0 radical (unpaired) electrons. The van der Waals surface area contributed by atoms with Crippen LogP contribution in [0, 0.1) is 6.92 Å². The second-order valence-electron chi connectivity index (χ2n) is 4.46. The first-order valence-electron chi connectivity index (χ1n) is 6.55. The molecule has 0 spiro atoms. The van der Waals surface area contributed by atoms with Gasteiger partial charge in [0, 0.05) is 36.8 Å². The van der Waals surface area contributed by atoms with Gasteiger partial charge in [0.1, 0.15) is 11.6 Å². The SMILES string of the molecule is CCNc1cc(C)nc(CSC2CCOCC2)n1. The van der Waals surface area contributed by atoms with E-state index in [1.165, 1.54) is 0 Å². The van der Waals surface area contributed by atoms with Crippen molar-refractivity contribution in [2.75, 3.05) is 25.1 Å². The van der Waals surface area contributed by atoms with E-state index < -0.39 is 0 Å². The Kier molecular flexibility index (Phi) is 5.26. The summed E-state index contributed by atoms with van der Waals surface area (Å²) in [5.74, 6) is 2.76. The van der Waals surface area contributed by atoms with Crippen LogP contribution in [0.15, 0.2) is 6.07 Å². The third kappa shape index (κ3) is 4.14. The first-order valence-corrected chi connectivity index (χ1v) is 7.60. The van der Waals surface area contributed by atoms with Crippen LogP contribution in [-0.2, 0) is 10.5 Å². The maximum absolute atomic E-state index is 5.37. The van der Waals surface area contributed by atoms with E-state index in [1.807, 2.05) is 24.8 Å². The quantitative estimate of drug-likeness (QED) is 0.888.